The van der Waals surface area contributed by atoms with Crippen molar-refractivity contribution in [3.8, 4) is 11.1 Å². The van der Waals surface area contributed by atoms with E-state index < -0.39 is 10.0 Å². The number of carbonyl (C=O) groups is 1. The maximum Gasteiger partial charge on any atom is 0.225 e. The van der Waals surface area contributed by atoms with E-state index in [1.165, 1.54) is 12.1 Å². The molecule has 3 N–H and O–H groups in total. The summed E-state index contributed by atoms with van der Waals surface area (Å²) < 4.78 is 37.5. The molecule has 0 atom stereocenters. The van der Waals surface area contributed by atoms with Gasteiger partial charge in [0.15, 0.2) is 0 Å². The first kappa shape index (κ1) is 19.0. The number of hydrogen-bond acceptors (Lipinski definition) is 4. The summed E-state index contributed by atoms with van der Waals surface area (Å²) in [7, 11) is -3.24. The maximum atomic E-state index is 13.3. The van der Waals surface area contributed by atoms with Gasteiger partial charge >= 0.3 is 0 Å². The van der Waals surface area contributed by atoms with E-state index in [-0.39, 0.29) is 24.7 Å². The van der Waals surface area contributed by atoms with Crippen molar-refractivity contribution in [2.75, 3.05) is 18.1 Å². The summed E-state index contributed by atoms with van der Waals surface area (Å²) in [6.45, 7) is 0.208. The summed E-state index contributed by atoms with van der Waals surface area (Å²) in [6, 6.07) is 8.04. The van der Waals surface area contributed by atoms with Crippen LogP contribution in [0.1, 0.15) is 12.8 Å². The molecule has 9 heteroatoms. The summed E-state index contributed by atoms with van der Waals surface area (Å²) in [4.78, 5) is 19.2. The number of nitrogens with one attached hydrogen (secondary N) is 3. The number of pyridine rings is 1. The van der Waals surface area contributed by atoms with E-state index in [1.54, 1.807) is 24.5 Å². The van der Waals surface area contributed by atoms with Gasteiger partial charge in [0, 0.05) is 47.4 Å². The van der Waals surface area contributed by atoms with Gasteiger partial charge in [-0.05, 0) is 36.8 Å². The third-order valence-electron chi connectivity index (χ3n) is 3.93. The van der Waals surface area contributed by atoms with Gasteiger partial charge in [0.25, 0.3) is 0 Å². The lowest BCUT2D eigenvalue weighted by Gasteiger charge is -2.06. The number of amides is 1. The molecule has 142 valence electrons. The van der Waals surface area contributed by atoms with Crippen molar-refractivity contribution in [3.63, 3.8) is 0 Å². The fourth-order valence-electron chi connectivity index (χ4n) is 2.68. The minimum Gasteiger partial charge on any atom is -0.360 e. The van der Waals surface area contributed by atoms with Gasteiger partial charge in [-0.1, -0.05) is 0 Å². The number of nitrogens with zero attached hydrogens (tertiary/aromatic N) is 1. The molecule has 0 radical (unpaired) electrons. The standard InChI is InChI=1S/C18H19FN4O3S/c1-27(25,26)22-8-2-3-18(24)23-17-7-4-12(10-21-17)15-11-20-16-9-13(19)5-6-14(15)16/h4-7,9-11,20,22H,2-3,8H2,1H3,(H,21,23,24). The number of rotatable bonds is 7. The average molecular weight is 390 g/mol. The highest BCUT2D eigenvalue weighted by Gasteiger charge is 2.09. The third kappa shape index (κ3) is 5.11. The molecule has 7 nitrogen and oxygen atoms in total. The van der Waals surface area contributed by atoms with Gasteiger partial charge in [0.05, 0.1) is 6.26 Å². The first-order chi connectivity index (χ1) is 12.8. The Hall–Kier alpha value is -2.78. The van der Waals surface area contributed by atoms with E-state index in [0.29, 0.717) is 17.8 Å². The topological polar surface area (TPSA) is 104 Å². The van der Waals surface area contributed by atoms with E-state index in [4.69, 9.17) is 0 Å². The smallest absolute Gasteiger partial charge is 0.225 e. The van der Waals surface area contributed by atoms with Gasteiger partial charge < -0.3 is 10.3 Å². The Labute approximate surface area is 156 Å². The Morgan fingerprint density at radius 1 is 1.26 bits per heavy atom. The molecule has 2 heterocycles. The molecular weight excluding hydrogens is 371 g/mol. The molecule has 1 amide bonds. The molecule has 0 saturated heterocycles. The molecule has 1 aromatic carbocycles. The molecule has 0 saturated carbocycles. The molecule has 2 aromatic heterocycles. The van der Waals surface area contributed by atoms with Crippen molar-refractivity contribution < 1.29 is 17.6 Å². The number of hydrogen-bond donors (Lipinski definition) is 3. The lowest BCUT2D eigenvalue weighted by atomic mass is 10.1. The highest BCUT2D eigenvalue weighted by Crippen LogP contribution is 2.29. The number of anilines is 1. The zero-order chi connectivity index (χ0) is 19.4. The van der Waals surface area contributed by atoms with E-state index in [0.717, 1.165) is 22.8 Å². The maximum absolute atomic E-state index is 13.3. The van der Waals surface area contributed by atoms with Crippen molar-refractivity contribution in [3.05, 3.63) is 48.5 Å². The second kappa shape index (κ2) is 7.85. The summed E-state index contributed by atoms with van der Waals surface area (Å²) in [5.41, 5.74) is 2.43. The van der Waals surface area contributed by atoms with Gasteiger partial charge in [0.1, 0.15) is 11.6 Å². The highest BCUT2D eigenvalue weighted by atomic mass is 32.2. The van der Waals surface area contributed by atoms with Gasteiger partial charge in [-0.2, -0.15) is 0 Å². The Bertz CT molecular complexity index is 1060. The predicted octanol–water partition coefficient (Wildman–Crippen LogP) is 2.64. The number of aromatic nitrogens is 2. The van der Waals surface area contributed by atoms with Crippen LogP contribution in [0.25, 0.3) is 22.0 Å². The average Bonchev–Trinajstić information content (AvgIpc) is 3.01. The molecule has 0 spiro atoms. The molecule has 0 aliphatic rings. The quantitative estimate of drug-likeness (QED) is 0.540. The van der Waals surface area contributed by atoms with E-state index >= 15 is 0 Å². The van der Waals surface area contributed by atoms with Gasteiger partial charge in [-0.15, -0.1) is 0 Å². The van der Waals surface area contributed by atoms with Crippen LogP contribution >= 0.6 is 0 Å². The van der Waals surface area contributed by atoms with Crippen LogP contribution in [-0.4, -0.2) is 37.1 Å². The van der Waals surface area contributed by atoms with Crippen LogP contribution < -0.4 is 10.0 Å². The van der Waals surface area contributed by atoms with E-state index in [9.17, 15) is 17.6 Å². The molecule has 0 fully saturated rings. The largest absolute Gasteiger partial charge is 0.360 e. The molecule has 3 aromatic rings. The second-order valence-electron chi connectivity index (χ2n) is 6.14. The Morgan fingerprint density at radius 2 is 2.07 bits per heavy atom. The molecule has 0 unspecified atom stereocenters. The summed E-state index contributed by atoms with van der Waals surface area (Å²) in [6.07, 6.45) is 5.06. The van der Waals surface area contributed by atoms with Crippen molar-refractivity contribution in [1.82, 2.24) is 14.7 Å². The lowest BCUT2D eigenvalue weighted by Crippen LogP contribution is -2.24. The number of benzene rings is 1. The van der Waals surface area contributed by atoms with Crippen LogP contribution in [-0.2, 0) is 14.8 Å². The molecule has 0 aliphatic carbocycles. The number of halogens is 1. The monoisotopic (exact) mass is 390 g/mol. The van der Waals surface area contributed by atoms with Crippen LogP contribution in [0, 0.1) is 5.82 Å². The number of H-pyrrole nitrogens is 1. The van der Waals surface area contributed by atoms with Crippen molar-refractivity contribution in [1.29, 1.82) is 0 Å². The van der Waals surface area contributed by atoms with Crippen molar-refractivity contribution in [2.24, 2.45) is 0 Å². The molecule has 27 heavy (non-hydrogen) atoms. The number of fused-ring (bicyclic) bond motifs is 1. The summed E-state index contributed by atoms with van der Waals surface area (Å²) in [5.74, 6) is -0.141. The van der Waals surface area contributed by atoms with Crippen LogP contribution in [0.4, 0.5) is 10.2 Å². The fourth-order valence-corrected chi connectivity index (χ4v) is 3.19. The normalized spacial score (nSPS) is 11.6. The Balaban J connectivity index is 1.61. The summed E-state index contributed by atoms with van der Waals surface area (Å²) >= 11 is 0. The van der Waals surface area contributed by atoms with Crippen LogP contribution in [0.15, 0.2) is 42.7 Å². The fraction of sp³-hybridized carbons (Fsp3) is 0.222. The zero-order valence-corrected chi connectivity index (χ0v) is 15.4. The minimum absolute atomic E-state index is 0.181. The minimum atomic E-state index is -3.24. The molecular formula is C18H19FN4O3S. The third-order valence-corrected chi connectivity index (χ3v) is 4.66. The van der Waals surface area contributed by atoms with Crippen molar-refractivity contribution >= 4 is 32.7 Å². The number of carbonyl (C=O) groups excluding carboxylic acids is 1. The van der Waals surface area contributed by atoms with Crippen LogP contribution in [0.5, 0.6) is 0 Å². The van der Waals surface area contributed by atoms with Crippen LogP contribution in [0.3, 0.4) is 0 Å². The summed E-state index contributed by atoms with van der Waals surface area (Å²) in [5, 5.41) is 3.55. The first-order valence-corrected chi connectivity index (χ1v) is 10.2. The number of sulfonamides is 1. The van der Waals surface area contributed by atoms with Crippen molar-refractivity contribution in [2.45, 2.75) is 12.8 Å². The molecule has 0 bridgehead atoms. The SMILES string of the molecule is CS(=O)(=O)NCCCC(=O)Nc1ccc(-c2c[nH]c3cc(F)ccc23)cn1. The van der Waals surface area contributed by atoms with Gasteiger partial charge in [0.2, 0.25) is 15.9 Å². The Kier molecular flexibility index (Phi) is 5.52. The molecule has 0 aliphatic heterocycles. The predicted molar refractivity (Wildman–Crippen MR) is 102 cm³/mol. The van der Waals surface area contributed by atoms with Gasteiger partial charge in [-0.25, -0.2) is 22.5 Å². The number of aromatic amines is 1. The first-order valence-electron chi connectivity index (χ1n) is 8.29. The molecule has 3 rings (SSSR count). The second-order valence-corrected chi connectivity index (χ2v) is 7.98. The van der Waals surface area contributed by atoms with E-state index in [1.807, 2.05) is 6.07 Å². The van der Waals surface area contributed by atoms with Crippen LogP contribution in [0.2, 0.25) is 0 Å². The lowest BCUT2D eigenvalue weighted by molar-refractivity contribution is -0.116. The van der Waals surface area contributed by atoms with Gasteiger partial charge in [-0.3, -0.25) is 4.79 Å². The zero-order valence-electron chi connectivity index (χ0n) is 14.6. The highest BCUT2D eigenvalue weighted by molar-refractivity contribution is 7.88. The Morgan fingerprint density at radius 3 is 2.78 bits per heavy atom. The van der Waals surface area contributed by atoms with E-state index in [2.05, 4.69) is 20.0 Å².